The van der Waals surface area contributed by atoms with Crippen LogP contribution in [0.5, 0.6) is 5.75 Å². The fourth-order valence-electron chi connectivity index (χ4n) is 4.01. The van der Waals surface area contributed by atoms with Crippen molar-refractivity contribution in [1.29, 1.82) is 0 Å². The molecule has 0 radical (unpaired) electrons. The second kappa shape index (κ2) is 10.5. The largest absolute Gasteiger partial charge is 0.412 e. The number of amides is 2. The monoisotopic (exact) mass is 505 g/mol. The average Bonchev–Trinajstić information content (AvgIpc) is 3.42. The van der Waals surface area contributed by atoms with E-state index in [4.69, 9.17) is 4.74 Å². The minimum Gasteiger partial charge on any atom is -0.410 e. The van der Waals surface area contributed by atoms with Crippen LogP contribution in [0.3, 0.4) is 0 Å². The first kappa shape index (κ1) is 25.4. The number of nitrogens with zero attached hydrogens (tertiary/aromatic N) is 3. The van der Waals surface area contributed by atoms with Crippen LogP contribution in [0, 0.1) is 0 Å². The van der Waals surface area contributed by atoms with Crippen LogP contribution in [-0.2, 0) is 7.05 Å². The number of ether oxygens (including phenoxy) is 1. The van der Waals surface area contributed by atoms with E-state index in [1.54, 1.807) is 14.1 Å². The third kappa shape index (κ3) is 4.97. The molecular weight excluding hydrogens is 474 g/mol. The summed E-state index contributed by atoms with van der Waals surface area (Å²) in [6.07, 6.45) is 1.48. The van der Waals surface area contributed by atoms with Crippen molar-refractivity contribution in [2.45, 2.75) is 31.7 Å². The zero-order valence-corrected chi connectivity index (χ0v) is 22.2. The van der Waals surface area contributed by atoms with Crippen molar-refractivity contribution in [2.24, 2.45) is 7.05 Å². The van der Waals surface area contributed by atoms with Gasteiger partial charge in [0.25, 0.3) is 5.24 Å². The van der Waals surface area contributed by atoms with E-state index >= 15 is 0 Å². The maximum absolute atomic E-state index is 12.7. The maximum Gasteiger partial charge on any atom is 0.412 e. The second-order valence-electron chi connectivity index (χ2n) is 9.04. The molecule has 0 unspecified atom stereocenters. The standard InChI is InChI=1S/C27H31N5O3S/c1-7-28-26(33)35-22-12-11-17(16(2)3)15-20(22)24-23(25(30-29-24)36-27(34)31(4)5)19-9-8-10-21-18(19)13-14-32(21)6/h8-16H,7H2,1-6H3,(H,28,33)(H,29,30). The normalized spacial score (nSPS) is 11.2. The van der Waals surface area contributed by atoms with E-state index in [0.29, 0.717) is 28.6 Å². The number of H-pyrrole nitrogens is 1. The molecule has 36 heavy (non-hydrogen) atoms. The Morgan fingerprint density at radius 3 is 2.64 bits per heavy atom. The minimum atomic E-state index is -0.528. The van der Waals surface area contributed by atoms with Crippen LogP contribution in [0.2, 0.25) is 0 Å². The van der Waals surface area contributed by atoms with Gasteiger partial charge in [0.15, 0.2) is 0 Å². The molecule has 0 aliphatic heterocycles. The molecule has 2 amide bonds. The smallest absolute Gasteiger partial charge is 0.410 e. The second-order valence-corrected chi connectivity index (χ2v) is 9.98. The zero-order chi connectivity index (χ0) is 26.0. The Kier molecular flexibility index (Phi) is 7.40. The van der Waals surface area contributed by atoms with Crippen molar-refractivity contribution >= 4 is 34.0 Å². The highest BCUT2D eigenvalue weighted by Gasteiger charge is 2.25. The maximum atomic E-state index is 12.7. The van der Waals surface area contributed by atoms with Crippen molar-refractivity contribution in [1.82, 2.24) is 25.0 Å². The average molecular weight is 506 g/mol. The summed E-state index contributed by atoms with van der Waals surface area (Å²) in [4.78, 5) is 26.6. The van der Waals surface area contributed by atoms with Crippen LogP contribution in [0.1, 0.15) is 32.3 Å². The number of hydrogen-bond acceptors (Lipinski definition) is 5. The Bertz CT molecular complexity index is 1420. The zero-order valence-electron chi connectivity index (χ0n) is 21.4. The van der Waals surface area contributed by atoms with Crippen LogP contribution < -0.4 is 10.1 Å². The molecule has 2 aromatic heterocycles. The number of benzene rings is 2. The van der Waals surface area contributed by atoms with E-state index < -0.39 is 6.09 Å². The first-order chi connectivity index (χ1) is 17.2. The molecule has 4 rings (SSSR count). The SMILES string of the molecule is CCNC(=O)Oc1ccc(C(C)C)cc1-c1[nH]nc(SC(=O)N(C)C)c1-c1cccc2c1ccn2C. The number of nitrogens with one attached hydrogen (secondary N) is 2. The molecule has 4 aromatic rings. The van der Waals surface area contributed by atoms with E-state index in [9.17, 15) is 9.59 Å². The molecule has 9 heteroatoms. The van der Waals surface area contributed by atoms with Gasteiger partial charge in [-0.05, 0) is 60.0 Å². The molecule has 2 heterocycles. The van der Waals surface area contributed by atoms with Crippen molar-refractivity contribution in [3.8, 4) is 28.1 Å². The van der Waals surface area contributed by atoms with Crippen molar-refractivity contribution < 1.29 is 14.3 Å². The van der Waals surface area contributed by atoms with E-state index in [1.165, 1.54) is 4.90 Å². The van der Waals surface area contributed by atoms with Crippen LogP contribution >= 0.6 is 11.8 Å². The summed E-state index contributed by atoms with van der Waals surface area (Å²) in [5, 5.41) is 11.9. The lowest BCUT2D eigenvalue weighted by Gasteiger charge is -2.15. The fourth-order valence-corrected chi connectivity index (χ4v) is 4.76. The first-order valence-electron chi connectivity index (χ1n) is 11.8. The molecule has 0 aliphatic carbocycles. The summed E-state index contributed by atoms with van der Waals surface area (Å²) in [5.74, 6) is 0.668. The van der Waals surface area contributed by atoms with Gasteiger partial charge in [-0.25, -0.2) is 4.79 Å². The lowest BCUT2D eigenvalue weighted by atomic mass is 9.95. The molecule has 0 saturated heterocycles. The number of hydrogen-bond donors (Lipinski definition) is 2. The summed E-state index contributed by atoms with van der Waals surface area (Å²) < 4.78 is 7.76. The molecule has 0 spiro atoms. The van der Waals surface area contributed by atoms with Gasteiger partial charge in [-0.2, -0.15) is 5.10 Å². The van der Waals surface area contributed by atoms with Gasteiger partial charge in [0, 0.05) is 55.9 Å². The third-order valence-corrected chi connectivity index (χ3v) is 6.97. The number of carbonyl (C=O) groups excluding carboxylic acids is 2. The van der Waals surface area contributed by atoms with Gasteiger partial charge in [-0.1, -0.05) is 32.0 Å². The van der Waals surface area contributed by atoms with Gasteiger partial charge >= 0.3 is 6.09 Å². The molecular formula is C27H31N5O3S. The van der Waals surface area contributed by atoms with E-state index in [2.05, 4.69) is 46.1 Å². The summed E-state index contributed by atoms with van der Waals surface area (Å²) in [7, 11) is 5.42. The quantitative estimate of drug-likeness (QED) is 0.303. The molecule has 2 aromatic carbocycles. The highest BCUT2D eigenvalue weighted by atomic mass is 32.2. The molecule has 8 nitrogen and oxygen atoms in total. The van der Waals surface area contributed by atoms with Crippen LogP contribution in [0.25, 0.3) is 33.3 Å². The van der Waals surface area contributed by atoms with Crippen LogP contribution in [0.15, 0.2) is 53.7 Å². The lowest BCUT2D eigenvalue weighted by Crippen LogP contribution is -2.26. The van der Waals surface area contributed by atoms with Crippen LogP contribution in [-0.4, -0.2) is 51.6 Å². The number of thioether (sulfide) groups is 1. The summed E-state index contributed by atoms with van der Waals surface area (Å²) in [6.45, 7) is 6.51. The summed E-state index contributed by atoms with van der Waals surface area (Å²) >= 11 is 1.06. The number of aromatic amines is 1. The number of aromatic nitrogens is 3. The topological polar surface area (TPSA) is 92.2 Å². The Morgan fingerprint density at radius 2 is 1.94 bits per heavy atom. The molecule has 0 saturated carbocycles. The highest BCUT2D eigenvalue weighted by molar-refractivity contribution is 8.13. The molecule has 2 N–H and O–H groups in total. The summed E-state index contributed by atoms with van der Waals surface area (Å²) in [5.41, 5.74) is 5.25. The fraction of sp³-hybridized carbons (Fsp3) is 0.296. The van der Waals surface area contributed by atoms with Crippen molar-refractivity contribution in [3.05, 3.63) is 54.2 Å². The number of aryl methyl sites for hydroxylation is 1. The minimum absolute atomic E-state index is 0.135. The molecule has 0 bridgehead atoms. The van der Waals surface area contributed by atoms with Crippen molar-refractivity contribution in [2.75, 3.05) is 20.6 Å². The predicted octanol–water partition coefficient (Wildman–Crippen LogP) is 6.24. The first-order valence-corrected chi connectivity index (χ1v) is 12.6. The number of carbonyl (C=O) groups is 2. The molecule has 0 fully saturated rings. The van der Waals surface area contributed by atoms with Gasteiger partial charge in [0.1, 0.15) is 10.8 Å². The Balaban J connectivity index is 1.98. The van der Waals surface area contributed by atoms with Gasteiger partial charge < -0.3 is 19.5 Å². The molecule has 0 aliphatic rings. The third-order valence-electron chi connectivity index (χ3n) is 5.94. The lowest BCUT2D eigenvalue weighted by molar-refractivity contribution is 0.201. The van der Waals surface area contributed by atoms with E-state index in [-0.39, 0.29) is 11.2 Å². The van der Waals surface area contributed by atoms with Gasteiger partial charge in [-0.3, -0.25) is 9.89 Å². The van der Waals surface area contributed by atoms with Gasteiger partial charge in [-0.15, -0.1) is 0 Å². The van der Waals surface area contributed by atoms with Gasteiger partial charge in [0.2, 0.25) is 0 Å². The van der Waals surface area contributed by atoms with Crippen LogP contribution in [0.4, 0.5) is 9.59 Å². The predicted molar refractivity (Wildman–Crippen MR) is 145 cm³/mol. The number of fused-ring (bicyclic) bond motifs is 1. The van der Waals surface area contributed by atoms with E-state index in [0.717, 1.165) is 39.4 Å². The van der Waals surface area contributed by atoms with Gasteiger partial charge in [0.05, 0.1) is 5.69 Å². The summed E-state index contributed by atoms with van der Waals surface area (Å²) in [6, 6.07) is 13.9. The molecule has 188 valence electrons. The Morgan fingerprint density at radius 1 is 1.17 bits per heavy atom. The highest BCUT2D eigenvalue weighted by Crippen LogP contribution is 2.44. The number of rotatable bonds is 6. The van der Waals surface area contributed by atoms with Crippen molar-refractivity contribution in [3.63, 3.8) is 0 Å². The Labute approximate surface area is 215 Å². The molecule has 0 atom stereocenters. The Hall–Kier alpha value is -3.72. The van der Waals surface area contributed by atoms with E-state index in [1.807, 2.05) is 50.5 Å².